The molecule has 1 amide bonds. The number of carbonyl (C=O) groups excluding carboxylic acids is 2. The standard InChI is InChI=1S/C16H16Cl2N2O4/c1-8-6-14(24-20-8)16(22)23-10(3)15(21)19-9(2)12-5-4-11(17)7-13(12)18/h4-7,9-10H,1-3H3,(H,19,21)/t9-,10-/m0/s1. The van der Waals surface area contributed by atoms with Gasteiger partial charge in [-0.3, -0.25) is 4.79 Å². The molecule has 6 nitrogen and oxygen atoms in total. The molecule has 1 aromatic carbocycles. The fourth-order valence-corrected chi connectivity index (χ4v) is 2.57. The van der Waals surface area contributed by atoms with Crippen molar-refractivity contribution < 1.29 is 18.8 Å². The molecule has 0 aliphatic carbocycles. The zero-order valence-corrected chi connectivity index (χ0v) is 14.8. The van der Waals surface area contributed by atoms with E-state index in [0.29, 0.717) is 21.3 Å². The normalized spacial score (nSPS) is 13.2. The number of hydrogen-bond acceptors (Lipinski definition) is 5. The van der Waals surface area contributed by atoms with E-state index in [1.165, 1.54) is 13.0 Å². The Balaban J connectivity index is 1.96. The summed E-state index contributed by atoms with van der Waals surface area (Å²) < 4.78 is 9.86. The van der Waals surface area contributed by atoms with Gasteiger partial charge >= 0.3 is 5.97 Å². The van der Waals surface area contributed by atoms with E-state index in [1.807, 2.05) is 0 Å². The average Bonchev–Trinajstić information content (AvgIpc) is 2.93. The molecule has 2 rings (SSSR count). The molecule has 128 valence electrons. The summed E-state index contributed by atoms with van der Waals surface area (Å²) in [6.45, 7) is 4.90. The Morgan fingerprint density at radius 1 is 1.25 bits per heavy atom. The first-order chi connectivity index (χ1) is 11.3. The van der Waals surface area contributed by atoms with Gasteiger partial charge in [0.1, 0.15) is 0 Å². The third-order valence-corrected chi connectivity index (χ3v) is 3.83. The second-order valence-corrected chi connectivity index (χ2v) is 6.12. The summed E-state index contributed by atoms with van der Waals surface area (Å²) in [5.41, 5.74) is 1.25. The molecule has 24 heavy (non-hydrogen) atoms. The predicted molar refractivity (Wildman–Crippen MR) is 89.1 cm³/mol. The zero-order valence-electron chi connectivity index (χ0n) is 13.3. The molecular weight excluding hydrogens is 355 g/mol. The van der Waals surface area contributed by atoms with Gasteiger partial charge in [-0.25, -0.2) is 4.79 Å². The summed E-state index contributed by atoms with van der Waals surface area (Å²) in [7, 11) is 0. The fourth-order valence-electron chi connectivity index (χ4n) is 1.99. The first-order valence-electron chi connectivity index (χ1n) is 7.17. The minimum absolute atomic E-state index is 0.0547. The quantitative estimate of drug-likeness (QED) is 0.811. The van der Waals surface area contributed by atoms with Crippen LogP contribution in [0.5, 0.6) is 0 Å². The van der Waals surface area contributed by atoms with Crippen LogP contribution in [0, 0.1) is 6.92 Å². The fraction of sp³-hybridized carbons (Fsp3) is 0.312. The molecule has 0 bridgehead atoms. The summed E-state index contributed by atoms with van der Waals surface area (Å²) in [5, 5.41) is 7.27. The van der Waals surface area contributed by atoms with Gasteiger partial charge < -0.3 is 14.6 Å². The van der Waals surface area contributed by atoms with Crippen LogP contribution in [-0.4, -0.2) is 23.1 Å². The van der Waals surface area contributed by atoms with Gasteiger partial charge in [0.25, 0.3) is 5.91 Å². The Morgan fingerprint density at radius 3 is 2.54 bits per heavy atom. The number of halogens is 2. The van der Waals surface area contributed by atoms with Crippen molar-refractivity contribution in [2.45, 2.75) is 32.9 Å². The SMILES string of the molecule is Cc1cc(C(=O)O[C@@H](C)C(=O)N[C@@H](C)c2ccc(Cl)cc2Cl)on1. The van der Waals surface area contributed by atoms with Crippen molar-refractivity contribution in [3.63, 3.8) is 0 Å². The smallest absolute Gasteiger partial charge is 0.377 e. The maximum absolute atomic E-state index is 12.2. The Kier molecular flexibility index (Phi) is 5.85. The Bertz CT molecular complexity index is 760. The Morgan fingerprint density at radius 2 is 1.96 bits per heavy atom. The average molecular weight is 371 g/mol. The number of aryl methyl sites for hydroxylation is 1. The summed E-state index contributed by atoms with van der Waals surface area (Å²) in [6.07, 6.45) is -1.00. The largest absolute Gasteiger partial charge is 0.447 e. The van der Waals surface area contributed by atoms with Crippen molar-refractivity contribution >= 4 is 35.1 Å². The maximum atomic E-state index is 12.2. The molecule has 1 aromatic heterocycles. The van der Waals surface area contributed by atoms with Gasteiger partial charge in [-0.15, -0.1) is 0 Å². The first-order valence-corrected chi connectivity index (χ1v) is 7.93. The molecule has 2 aromatic rings. The second-order valence-electron chi connectivity index (χ2n) is 5.28. The number of carbonyl (C=O) groups is 2. The van der Waals surface area contributed by atoms with Gasteiger partial charge in [-0.05, 0) is 38.5 Å². The van der Waals surface area contributed by atoms with Crippen LogP contribution in [0.25, 0.3) is 0 Å². The Hall–Kier alpha value is -2.05. The number of aromatic nitrogens is 1. The van der Waals surface area contributed by atoms with E-state index < -0.39 is 18.0 Å². The molecule has 0 fully saturated rings. The maximum Gasteiger partial charge on any atom is 0.377 e. The lowest BCUT2D eigenvalue weighted by Crippen LogP contribution is -2.37. The van der Waals surface area contributed by atoms with Gasteiger partial charge in [0, 0.05) is 16.1 Å². The zero-order chi connectivity index (χ0) is 17.9. The Labute approximate surface area is 149 Å². The van der Waals surface area contributed by atoms with Crippen molar-refractivity contribution in [1.29, 1.82) is 0 Å². The molecule has 2 atom stereocenters. The predicted octanol–water partition coefficient (Wildman–Crippen LogP) is 3.71. The second kappa shape index (κ2) is 7.68. The van der Waals surface area contributed by atoms with E-state index >= 15 is 0 Å². The number of nitrogens with one attached hydrogen (secondary N) is 1. The lowest BCUT2D eigenvalue weighted by Gasteiger charge is -2.19. The third-order valence-electron chi connectivity index (χ3n) is 3.27. The first kappa shape index (κ1) is 18.3. The minimum Gasteiger partial charge on any atom is -0.447 e. The van der Waals surface area contributed by atoms with Gasteiger partial charge in [0.05, 0.1) is 11.7 Å². The van der Waals surface area contributed by atoms with E-state index in [-0.39, 0.29) is 11.8 Å². The number of rotatable bonds is 5. The number of benzene rings is 1. The van der Waals surface area contributed by atoms with E-state index in [2.05, 4.69) is 10.5 Å². The number of ether oxygens (including phenoxy) is 1. The van der Waals surface area contributed by atoms with Gasteiger partial charge in [-0.1, -0.05) is 34.4 Å². The van der Waals surface area contributed by atoms with Gasteiger partial charge in [0.2, 0.25) is 5.76 Å². The highest BCUT2D eigenvalue weighted by Crippen LogP contribution is 2.26. The van der Waals surface area contributed by atoms with Crippen LogP contribution < -0.4 is 5.32 Å². The van der Waals surface area contributed by atoms with E-state index in [0.717, 1.165) is 0 Å². The van der Waals surface area contributed by atoms with Crippen LogP contribution in [0.4, 0.5) is 0 Å². The van der Waals surface area contributed by atoms with Crippen LogP contribution in [0.1, 0.15) is 41.7 Å². The van der Waals surface area contributed by atoms with Crippen molar-refractivity contribution in [3.05, 3.63) is 51.3 Å². The van der Waals surface area contributed by atoms with Gasteiger partial charge in [-0.2, -0.15) is 0 Å². The molecule has 1 N–H and O–H groups in total. The van der Waals surface area contributed by atoms with E-state index in [9.17, 15) is 9.59 Å². The molecule has 0 saturated carbocycles. The number of hydrogen-bond donors (Lipinski definition) is 1. The number of esters is 1. The molecule has 0 aliphatic heterocycles. The summed E-state index contributed by atoms with van der Waals surface area (Å²) in [4.78, 5) is 24.0. The highest BCUT2D eigenvalue weighted by atomic mass is 35.5. The minimum atomic E-state index is -1.00. The monoisotopic (exact) mass is 370 g/mol. The highest BCUT2D eigenvalue weighted by Gasteiger charge is 2.23. The summed E-state index contributed by atoms with van der Waals surface area (Å²) in [6, 6.07) is 6.06. The summed E-state index contributed by atoms with van der Waals surface area (Å²) >= 11 is 12.0. The van der Waals surface area contributed by atoms with Crippen LogP contribution in [0.2, 0.25) is 10.0 Å². The van der Waals surface area contributed by atoms with Crippen molar-refractivity contribution in [1.82, 2.24) is 10.5 Å². The number of amides is 1. The number of nitrogens with zero attached hydrogens (tertiary/aromatic N) is 1. The molecule has 1 heterocycles. The topological polar surface area (TPSA) is 81.4 Å². The summed E-state index contributed by atoms with van der Waals surface area (Å²) in [5.74, 6) is -1.27. The van der Waals surface area contributed by atoms with Crippen molar-refractivity contribution in [3.8, 4) is 0 Å². The molecule has 0 saturated heterocycles. The highest BCUT2D eigenvalue weighted by molar-refractivity contribution is 6.35. The molecule has 0 spiro atoms. The van der Waals surface area contributed by atoms with E-state index in [4.69, 9.17) is 32.5 Å². The van der Waals surface area contributed by atoms with E-state index in [1.54, 1.807) is 32.0 Å². The van der Waals surface area contributed by atoms with Crippen LogP contribution >= 0.6 is 23.2 Å². The van der Waals surface area contributed by atoms with Crippen LogP contribution in [-0.2, 0) is 9.53 Å². The lowest BCUT2D eigenvalue weighted by molar-refractivity contribution is -0.129. The molecular formula is C16H16Cl2N2O4. The van der Waals surface area contributed by atoms with Crippen LogP contribution in [0.15, 0.2) is 28.8 Å². The molecule has 0 aliphatic rings. The van der Waals surface area contributed by atoms with Crippen molar-refractivity contribution in [2.75, 3.05) is 0 Å². The van der Waals surface area contributed by atoms with Crippen molar-refractivity contribution in [2.24, 2.45) is 0 Å². The molecule has 0 unspecified atom stereocenters. The third kappa shape index (κ3) is 4.49. The lowest BCUT2D eigenvalue weighted by atomic mass is 10.1. The molecule has 0 radical (unpaired) electrons. The van der Waals surface area contributed by atoms with Gasteiger partial charge in [0.15, 0.2) is 6.10 Å². The molecule has 8 heteroatoms. The van der Waals surface area contributed by atoms with Crippen LogP contribution in [0.3, 0.4) is 0 Å².